The van der Waals surface area contributed by atoms with E-state index < -0.39 is 12.2 Å². The van der Waals surface area contributed by atoms with Crippen LogP contribution in [0.3, 0.4) is 0 Å². The summed E-state index contributed by atoms with van der Waals surface area (Å²) in [6, 6.07) is 19.2. The van der Waals surface area contributed by atoms with Crippen molar-refractivity contribution in [2.24, 2.45) is 0 Å². The van der Waals surface area contributed by atoms with Gasteiger partial charge in [-0.2, -0.15) is 0 Å². The number of nitrogens with zero attached hydrogens (tertiary/aromatic N) is 1. The monoisotopic (exact) mass is 297 g/mol. The van der Waals surface area contributed by atoms with Crippen LogP contribution in [0.2, 0.25) is 0 Å². The van der Waals surface area contributed by atoms with Gasteiger partial charge in [0.05, 0.1) is 6.54 Å². The SMILES string of the molecule is CN1C[C@H](c2ccccc2)O[C@H](c2ccccc2)[C@@H](O)C1=O. The van der Waals surface area contributed by atoms with E-state index in [1.165, 1.54) is 4.90 Å². The molecule has 0 bridgehead atoms. The van der Waals surface area contributed by atoms with Crippen LogP contribution in [0.5, 0.6) is 0 Å². The zero-order valence-electron chi connectivity index (χ0n) is 12.4. The van der Waals surface area contributed by atoms with Crippen LogP contribution in [0.25, 0.3) is 0 Å². The molecule has 1 aliphatic heterocycles. The first-order valence-corrected chi connectivity index (χ1v) is 7.35. The number of hydrogen-bond acceptors (Lipinski definition) is 3. The standard InChI is InChI=1S/C18H19NO3/c1-19-12-15(13-8-4-2-5-9-13)22-17(16(20)18(19)21)14-10-6-3-7-11-14/h2-11,15-17,20H,12H2,1H3/t15-,16-,17-/m1/s1. The molecule has 0 saturated carbocycles. The Morgan fingerprint density at radius 3 is 2.14 bits per heavy atom. The van der Waals surface area contributed by atoms with E-state index in [0.717, 1.165) is 11.1 Å². The van der Waals surface area contributed by atoms with Gasteiger partial charge >= 0.3 is 0 Å². The van der Waals surface area contributed by atoms with E-state index in [0.29, 0.717) is 6.54 Å². The van der Waals surface area contributed by atoms with Crippen LogP contribution in [-0.2, 0) is 9.53 Å². The fourth-order valence-corrected chi connectivity index (χ4v) is 2.74. The number of carbonyl (C=O) groups is 1. The molecule has 3 atom stereocenters. The maximum atomic E-state index is 12.3. The highest BCUT2D eigenvalue weighted by molar-refractivity contribution is 5.81. The van der Waals surface area contributed by atoms with Gasteiger partial charge in [0.15, 0.2) is 6.10 Å². The number of benzene rings is 2. The van der Waals surface area contributed by atoms with E-state index in [1.807, 2.05) is 60.7 Å². The molecule has 1 fully saturated rings. The molecule has 22 heavy (non-hydrogen) atoms. The number of likely N-dealkylation sites (N-methyl/N-ethyl adjacent to an activating group) is 1. The van der Waals surface area contributed by atoms with Gasteiger partial charge in [0.25, 0.3) is 5.91 Å². The first-order chi connectivity index (χ1) is 10.7. The minimum Gasteiger partial charge on any atom is -0.380 e. The summed E-state index contributed by atoms with van der Waals surface area (Å²) in [6.45, 7) is 0.420. The lowest BCUT2D eigenvalue weighted by Gasteiger charge is -2.23. The summed E-state index contributed by atoms with van der Waals surface area (Å²) in [5.41, 5.74) is 1.80. The number of hydrogen-bond donors (Lipinski definition) is 1. The van der Waals surface area contributed by atoms with Crippen molar-refractivity contribution in [2.45, 2.75) is 18.3 Å². The third-order valence-corrected chi connectivity index (χ3v) is 3.97. The normalized spacial score (nSPS) is 25.8. The Labute approximate surface area is 130 Å². The first kappa shape index (κ1) is 14.8. The Morgan fingerprint density at radius 1 is 1.00 bits per heavy atom. The summed E-state index contributed by atoms with van der Waals surface area (Å²) in [5, 5.41) is 10.4. The topological polar surface area (TPSA) is 49.8 Å². The van der Waals surface area contributed by atoms with Crippen molar-refractivity contribution in [2.75, 3.05) is 13.6 Å². The molecule has 114 valence electrons. The molecular formula is C18H19NO3. The Balaban J connectivity index is 1.96. The van der Waals surface area contributed by atoms with E-state index in [4.69, 9.17) is 4.74 Å². The fraction of sp³-hybridized carbons (Fsp3) is 0.278. The van der Waals surface area contributed by atoms with Gasteiger partial charge in [-0.15, -0.1) is 0 Å². The van der Waals surface area contributed by atoms with Crippen LogP contribution in [0.4, 0.5) is 0 Å². The maximum absolute atomic E-state index is 12.3. The Morgan fingerprint density at radius 2 is 1.55 bits per heavy atom. The first-order valence-electron chi connectivity index (χ1n) is 7.35. The van der Waals surface area contributed by atoms with Crippen molar-refractivity contribution in [3.63, 3.8) is 0 Å². The molecule has 0 aliphatic carbocycles. The molecule has 0 aromatic heterocycles. The van der Waals surface area contributed by atoms with Crippen molar-refractivity contribution in [3.05, 3.63) is 71.8 Å². The van der Waals surface area contributed by atoms with E-state index >= 15 is 0 Å². The molecule has 2 aromatic carbocycles. The van der Waals surface area contributed by atoms with Crippen molar-refractivity contribution in [3.8, 4) is 0 Å². The van der Waals surface area contributed by atoms with Crippen LogP contribution in [0.1, 0.15) is 23.3 Å². The Kier molecular flexibility index (Phi) is 4.22. The van der Waals surface area contributed by atoms with Gasteiger partial charge in [-0.05, 0) is 11.1 Å². The van der Waals surface area contributed by atoms with Crippen molar-refractivity contribution < 1.29 is 14.6 Å². The third-order valence-electron chi connectivity index (χ3n) is 3.97. The quantitative estimate of drug-likeness (QED) is 0.925. The number of aliphatic hydroxyl groups excluding tert-OH is 1. The lowest BCUT2D eigenvalue weighted by atomic mass is 10.0. The molecule has 1 amide bonds. The van der Waals surface area contributed by atoms with Crippen LogP contribution in [-0.4, -0.2) is 35.6 Å². The smallest absolute Gasteiger partial charge is 0.254 e. The second-order valence-electron chi connectivity index (χ2n) is 5.53. The molecule has 3 rings (SSSR count). The van der Waals surface area contributed by atoms with Crippen molar-refractivity contribution >= 4 is 5.91 Å². The summed E-state index contributed by atoms with van der Waals surface area (Å²) in [5.74, 6) is -0.313. The van der Waals surface area contributed by atoms with Gasteiger partial charge in [-0.3, -0.25) is 4.79 Å². The lowest BCUT2D eigenvalue weighted by molar-refractivity contribution is -0.142. The number of ether oxygens (including phenoxy) is 1. The Bertz CT molecular complexity index is 629. The largest absolute Gasteiger partial charge is 0.380 e. The minimum absolute atomic E-state index is 0.266. The van der Waals surface area contributed by atoms with Gasteiger partial charge in [-0.25, -0.2) is 0 Å². The lowest BCUT2D eigenvalue weighted by Crippen LogP contribution is -2.37. The van der Waals surface area contributed by atoms with Gasteiger partial charge in [0, 0.05) is 7.05 Å². The summed E-state index contributed by atoms with van der Waals surface area (Å²) >= 11 is 0. The summed E-state index contributed by atoms with van der Waals surface area (Å²) in [4.78, 5) is 13.8. The van der Waals surface area contributed by atoms with Gasteiger partial charge in [-0.1, -0.05) is 60.7 Å². The number of amides is 1. The predicted octanol–water partition coefficient (Wildman–Crippen LogP) is 2.32. The minimum atomic E-state index is -1.19. The molecule has 4 nitrogen and oxygen atoms in total. The molecule has 1 aliphatic rings. The number of carbonyl (C=O) groups excluding carboxylic acids is 1. The average molecular weight is 297 g/mol. The zero-order valence-corrected chi connectivity index (χ0v) is 12.4. The van der Waals surface area contributed by atoms with Crippen molar-refractivity contribution in [1.82, 2.24) is 4.90 Å². The Hall–Kier alpha value is -2.17. The second-order valence-corrected chi connectivity index (χ2v) is 5.53. The van der Waals surface area contributed by atoms with Gasteiger partial charge in [0.2, 0.25) is 0 Å². The molecule has 0 unspecified atom stereocenters. The molecule has 4 heteroatoms. The van der Waals surface area contributed by atoms with E-state index in [2.05, 4.69) is 0 Å². The summed E-state index contributed by atoms with van der Waals surface area (Å²) in [6.07, 6.45) is -2.12. The maximum Gasteiger partial charge on any atom is 0.254 e. The highest BCUT2D eigenvalue weighted by atomic mass is 16.5. The van der Waals surface area contributed by atoms with E-state index in [1.54, 1.807) is 7.05 Å². The average Bonchev–Trinajstić information content (AvgIpc) is 2.68. The number of aliphatic hydroxyl groups is 1. The molecule has 0 radical (unpaired) electrons. The van der Waals surface area contributed by atoms with E-state index in [9.17, 15) is 9.90 Å². The van der Waals surface area contributed by atoms with Crippen LogP contribution < -0.4 is 0 Å². The van der Waals surface area contributed by atoms with Crippen LogP contribution in [0.15, 0.2) is 60.7 Å². The van der Waals surface area contributed by atoms with Crippen molar-refractivity contribution in [1.29, 1.82) is 0 Å². The van der Waals surface area contributed by atoms with E-state index in [-0.39, 0.29) is 12.0 Å². The zero-order chi connectivity index (χ0) is 15.5. The summed E-state index contributed by atoms with van der Waals surface area (Å²) < 4.78 is 6.12. The highest BCUT2D eigenvalue weighted by Gasteiger charge is 2.37. The molecule has 1 heterocycles. The predicted molar refractivity (Wildman–Crippen MR) is 83.1 cm³/mol. The van der Waals surface area contributed by atoms with Crippen LogP contribution in [0, 0.1) is 0 Å². The second kappa shape index (κ2) is 6.30. The molecule has 1 saturated heterocycles. The fourth-order valence-electron chi connectivity index (χ4n) is 2.74. The summed E-state index contributed by atoms with van der Waals surface area (Å²) in [7, 11) is 1.69. The molecule has 2 aromatic rings. The molecule has 0 spiro atoms. The molecular weight excluding hydrogens is 278 g/mol. The van der Waals surface area contributed by atoms with Gasteiger partial charge in [0.1, 0.15) is 12.2 Å². The molecule has 1 N–H and O–H groups in total. The van der Waals surface area contributed by atoms with Crippen LogP contribution >= 0.6 is 0 Å². The highest BCUT2D eigenvalue weighted by Crippen LogP contribution is 2.33. The van der Waals surface area contributed by atoms with Gasteiger partial charge < -0.3 is 14.7 Å². The number of rotatable bonds is 2. The third kappa shape index (κ3) is 2.89.